The number of hydrogen-bond acceptors (Lipinski definition) is 10. The quantitative estimate of drug-likeness (QED) is 0.0785. The molecule has 0 aromatic rings. The van der Waals surface area contributed by atoms with E-state index in [1.807, 2.05) is 0 Å². The molecular weight excluding hydrogens is 594 g/mol. The molecule has 3 atom stereocenters. The van der Waals surface area contributed by atoms with Gasteiger partial charge in [-0.05, 0) is 27.7 Å². The molecule has 5 N–H and O–H groups in total. The van der Waals surface area contributed by atoms with Gasteiger partial charge < -0.3 is 31.3 Å². The van der Waals surface area contributed by atoms with Gasteiger partial charge in [0.25, 0.3) is 23.6 Å². The standard InChI is InChI=1S/C28H39N7O10/c1-5-45-16(2)28(44)33-19(14-22(38)31-17(3)29-20(36)10-12-34-24(40)6-7-25(34)41)15-23(39)32-18(4)30-21(37)11-13-35-26(42)8-9-27(35)43/h6-9,16-19H,5,10-15H2,1-4H3,(H,29,36)(H,30,37)(H,31,38)(H,32,39)(H,33,44). The summed E-state index contributed by atoms with van der Waals surface area (Å²) in [5, 5.41) is 12.7. The van der Waals surface area contributed by atoms with Crippen molar-refractivity contribution in [1.82, 2.24) is 36.4 Å². The van der Waals surface area contributed by atoms with Crippen molar-refractivity contribution in [1.29, 1.82) is 0 Å². The second kappa shape index (κ2) is 17.4. The van der Waals surface area contributed by atoms with Crippen LogP contribution in [-0.2, 0) is 47.9 Å². The van der Waals surface area contributed by atoms with Crippen molar-refractivity contribution in [2.24, 2.45) is 0 Å². The summed E-state index contributed by atoms with van der Waals surface area (Å²) in [5.41, 5.74) is 0. The number of carbonyl (C=O) groups is 9. The van der Waals surface area contributed by atoms with Crippen LogP contribution in [0.5, 0.6) is 0 Å². The molecule has 17 heteroatoms. The smallest absolute Gasteiger partial charge is 0.253 e. The van der Waals surface area contributed by atoms with Crippen molar-refractivity contribution in [3.63, 3.8) is 0 Å². The second-order valence-corrected chi connectivity index (χ2v) is 10.2. The van der Waals surface area contributed by atoms with E-state index in [2.05, 4.69) is 26.6 Å². The van der Waals surface area contributed by atoms with Gasteiger partial charge in [-0.2, -0.15) is 0 Å². The lowest BCUT2D eigenvalue weighted by atomic mass is 10.1. The Morgan fingerprint density at radius 3 is 1.33 bits per heavy atom. The Morgan fingerprint density at radius 1 is 0.622 bits per heavy atom. The van der Waals surface area contributed by atoms with Crippen molar-refractivity contribution in [3.8, 4) is 0 Å². The molecule has 0 bridgehead atoms. The Labute approximate surface area is 259 Å². The van der Waals surface area contributed by atoms with E-state index in [0.717, 1.165) is 34.1 Å². The summed E-state index contributed by atoms with van der Waals surface area (Å²) in [4.78, 5) is 111. The third-order valence-corrected chi connectivity index (χ3v) is 6.43. The maximum atomic E-state index is 12.8. The topological polar surface area (TPSA) is 229 Å². The van der Waals surface area contributed by atoms with E-state index < -0.39 is 77.6 Å². The SMILES string of the molecule is CCOC(C)C(=O)NC(CC(=O)NC(C)NC(=O)CCN1C(=O)C=CC1=O)CC(=O)NC(C)NC(=O)CCN1C(=O)C=CC1=O. The third kappa shape index (κ3) is 12.3. The first kappa shape index (κ1) is 36.3. The minimum absolute atomic E-state index is 0.132. The molecule has 0 aromatic carbocycles. The molecular formula is C28H39N7O10. The van der Waals surface area contributed by atoms with Crippen molar-refractivity contribution < 1.29 is 47.9 Å². The van der Waals surface area contributed by atoms with Crippen LogP contribution in [-0.4, -0.2) is 107 Å². The zero-order valence-corrected chi connectivity index (χ0v) is 25.5. The summed E-state index contributed by atoms with van der Waals surface area (Å²) < 4.78 is 5.27. The van der Waals surface area contributed by atoms with Crippen LogP contribution in [0.25, 0.3) is 0 Å². The van der Waals surface area contributed by atoms with Gasteiger partial charge >= 0.3 is 0 Å². The van der Waals surface area contributed by atoms with Gasteiger partial charge in [-0.3, -0.25) is 53.0 Å². The van der Waals surface area contributed by atoms with Gasteiger partial charge in [-0.1, -0.05) is 0 Å². The van der Waals surface area contributed by atoms with Gasteiger partial charge in [0.15, 0.2) is 0 Å². The van der Waals surface area contributed by atoms with Crippen molar-refractivity contribution in [2.75, 3.05) is 19.7 Å². The monoisotopic (exact) mass is 633 g/mol. The lowest BCUT2D eigenvalue weighted by molar-refractivity contribution is -0.139. The third-order valence-electron chi connectivity index (χ3n) is 6.43. The van der Waals surface area contributed by atoms with E-state index in [1.54, 1.807) is 6.92 Å². The zero-order valence-electron chi connectivity index (χ0n) is 25.5. The van der Waals surface area contributed by atoms with Crippen LogP contribution in [0.4, 0.5) is 0 Å². The van der Waals surface area contributed by atoms with E-state index >= 15 is 0 Å². The second-order valence-electron chi connectivity index (χ2n) is 10.2. The molecule has 0 radical (unpaired) electrons. The maximum Gasteiger partial charge on any atom is 0.253 e. The molecule has 0 saturated carbocycles. The predicted molar refractivity (Wildman–Crippen MR) is 155 cm³/mol. The van der Waals surface area contributed by atoms with Crippen molar-refractivity contribution in [3.05, 3.63) is 24.3 Å². The Kier molecular flexibility index (Phi) is 14.0. The summed E-state index contributed by atoms with van der Waals surface area (Å²) in [6.45, 7) is 6.16. The Hall–Kier alpha value is -4.93. The summed E-state index contributed by atoms with van der Waals surface area (Å²) in [6, 6.07) is -0.995. The number of hydrogen-bond donors (Lipinski definition) is 5. The van der Waals surface area contributed by atoms with Crippen LogP contribution in [0.15, 0.2) is 24.3 Å². The van der Waals surface area contributed by atoms with E-state index in [1.165, 1.54) is 20.8 Å². The number of imide groups is 2. The number of nitrogens with zero attached hydrogens (tertiary/aromatic N) is 2. The first-order chi connectivity index (χ1) is 21.2. The van der Waals surface area contributed by atoms with Gasteiger partial charge in [0.2, 0.25) is 29.5 Å². The lowest BCUT2D eigenvalue weighted by Gasteiger charge is -2.23. The summed E-state index contributed by atoms with van der Waals surface area (Å²) >= 11 is 0. The normalized spacial score (nSPS) is 16.7. The minimum atomic E-state index is -0.995. The van der Waals surface area contributed by atoms with Crippen LogP contribution in [0.1, 0.15) is 53.4 Å². The molecule has 0 fully saturated rings. The number of rotatable bonds is 18. The van der Waals surface area contributed by atoms with E-state index in [4.69, 9.17) is 4.74 Å². The molecule has 17 nitrogen and oxygen atoms in total. The molecule has 2 aliphatic heterocycles. The first-order valence-corrected chi connectivity index (χ1v) is 14.4. The maximum absolute atomic E-state index is 12.8. The van der Waals surface area contributed by atoms with Crippen LogP contribution in [0, 0.1) is 0 Å². The fourth-order valence-electron chi connectivity index (χ4n) is 4.30. The molecule has 2 aliphatic rings. The molecule has 45 heavy (non-hydrogen) atoms. The highest BCUT2D eigenvalue weighted by Crippen LogP contribution is 2.06. The van der Waals surface area contributed by atoms with Crippen LogP contribution >= 0.6 is 0 Å². The Bertz CT molecular complexity index is 1150. The van der Waals surface area contributed by atoms with Gasteiger partial charge in [0.1, 0.15) is 6.10 Å². The summed E-state index contributed by atoms with van der Waals surface area (Å²) in [5.74, 6) is -4.93. The predicted octanol–water partition coefficient (Wildman–Crippen LogP) is -2.54. The molecule has 9 amide bonds. The highest BCUT2D eigenvalue weighted by Gasteiger charge is 2.27. The summed E-state index contributed by atoms with van der Waals surface area (Å²) in [6.07, 6.45) is 0.744. The van der Waals surface area contributed by atoms with Gasteiger partial charge in [0, 0.05) is 75.7 Å². The lowest BCUT2D eigenvalue weighted by Crippen LogP contribution is -2.51. The van der Waals surface area contributed by atoms with E-state index in [9.17, 15) is 43.2 Å². The molecule has 0 aliphatic carbocycles. The Morgan fingerprint density at radius 2 is 0.978 bits per heavy atom. The average molecular weight is 634 g/mol. The van der Waals surface area contributed by atoms with E-state index in [-0.39, 0.29) is 45.4 Å². The van der Waals surface area contributed by atoms with E-state index in [0.29, 0.717) is 0 Å². The molecule has 3 unspecified atom stereocenters. The van der Waals surface area contributed by atoms with Crippen molar-refractivity contribution >= 4 is 53.2 Å². The zero-order chi connectivity index (χ0) is 33.7. The molecule has 2 rings (SSSR count). The minimum Gasteiger partial charge on any atom is -0.369 e. The molecule has 0 aromatic heterocycles. The fourth-order valence-corrected chi connectivity index (χ4v) is 4.30. The number of nitrogens with one attached hydrogen (secondary N) is 5. The van der Waals surface area contributed by atoms with Crippen LogP contribution in [0.2, 0.25) is 0 Å². The highest BCUT2D eigenvalue weighted by atomic mass is 16.5. The van der Waals surface area contributed by atoms with Crippen molar-refractivity contribution in [2.45, 2.75) is 77.9 Å². The Balaban J connectivity index is 1.86. The molecule has 246 valence electrons. The number of carbonyl (C=O) groups excluding carboxylic acids is 9. The number of amides is 9. The summed E-state index contributed by atoms with van der Waals surface area (Å²) in [7, 11) is 0. The molecule has 0 saturated heterocycles. The molecule has 2 heterocycles. The van der Waals surface area contributed by atoms with Crippen LogP contribution in [0.3, 0.4) is 0 Å². The highest BCUT2D eigenvalue weighted by molar-refractivity contribution is 6.13. The number of ether oxygens (including phenoxy) is 1. The van der Waals surface area contributed by atoms with Gasteiger partial charge in [-0.25, -0.2) is 0 Å². The molecule has 0 spiro atoms. The van der Waals surface area contributed by atoms with Gasteiger partial charge in [-0.15, -0.1) is 0 Å². The van der Waals surface area contributed by atoms with Crippen LogP contribution < -0.4 is 26.6 Å². The fraction of sp³-hybridized carbons (Fsp3) is 0.536. The average Bonchev–Trinajstić information content (AvgIpc) is 3.44. The first-order valence-electron chi connectivity index (χ1n) is 14.4. The largest absolute Gasteiger partial charge is 0.369 e. The van der Waals surface area contributed by atoms with Gasteiger partial charge in [0.05, 0.1) is 12.3 Å².